The summed E-state index contributed by atoms with van der Waals surface area (Å²) in [4.78, 5) is 20.1. The second kappa shape index (κ2) is 8.88. The fourth-order valence-electron chi connectivity index (χ4n) is 2.77. The molecular weight excluding hydrogens is 355 g/mol. The van der Waals surface area contributed by atoms with Gasteiger partial charge in [0.05, 0.1) is 11.1 Å². The highest BCUT2D eigenvalue weighted by Crippen LogP contribution is 2.33. The molecule has 1 heterocycles. The van der Waals surface area contributed by atoms with Crippen molar-refractivity contribution in [2.45, 2.75) is 32.5 Å². The summed E-state index contributed by atoms with van der Waals surface area (Å²) in [5, 5.41) is 0. The van der Waals surface area contributed by atoms with E-state index in [1.54, 1.807) is 38.6 Å². The van der Waals surface area contributed by atoms with Gasteiger partial charge in [-0.25, -0.2) is 0 Å². The van der Waals surface area contributed by atoms with Crippen LogP contribution in [0.3, 0.4) is 0 Å². The highest BCUT2D eigenvalue weighted by molar-refractivity contribution is 6.00. The Morgan fingerprint density at radius 3 is 2.37 bits per heavy atom. The maximum Gasteiger partial charge on any atom is 0.416 e. The highest BCUT2D eigenvalue weighted by atomic mass is 19.4. The minimum atomic E-state index is -4.50. The van der Waals surface area contributed by atoms with Crippen LogP contribution in [0.15, 0.2) is 42.7 Å². The Labute approximate surface area is 157 Å². The van der Waals surface area contributed by atoms with Crippen molar-refractivity contribution < 1.29 is 18.0 Å². The molecule has 1 aromatic heterocycles. The molecule has 27 heavy (non-hydrogen) atoms. The van der Waals surface area contributed by atoms with Crippen molar-refractivity contribution >= 4 is 11.6 Å². The third-order valence-electron chi connectivity index (χ3n) is 4.33. The van der Waals surface area contributed by atoms with Gasteiger partial charge >= 0.3 is 6.18 Å². The van der Waals surface area contributed by atoms with Gasteiger partial charge in [0.1, 0.15) is 0 Å². The molecule has 0 fully saturated rings. The van der Waals surface area contributed by atoms with Crippen molar-refractivity contribution in [3.63, 3.8) is 0 Å². The molecule has 0 aliphatic carbocycles. The van der Waals surface area contributed by atoms with Crippen molar-refractivity contribution in [2.75, 3.05) is 25.5 Å². The van der Waals surface area contributed by atoms with E-state index in [0.717, 1.165) is 30.5 Å². The van der Waals surface area contributed by atoms with E-state index in [0.29, 0.717) is 12.2 Å². The quantitative estimate of drug-likeness (QED) is 0.705. The number of rotatable bonds is 7. The number of hydrogen-bond donors (Lipinski definition) is 0. The molecule has 2 aromatic rings. The molecule has 0 bridgehead atoms. The van der Waals surface area contributed by atoms with Crippen LogP contribution in [0, 0.1) is 0 Å². The summed E-state index contributed by atoms with van der Waals surface area (Å²) in [5.74, 6) is -0.448. The largest absolute Gasteiger partial charge is 0.416 e. The summed E-state index contributed by atoms with van der Waals surface area (Å²) >= 11 is 0. The Kier molecular flexibility index (Phi) is 6.82. The van der Waals surface area contributed by atoms with Crippen LogP contribution in [0.1, 0.15) is 41.3 Å². The first-order valence-corrected chi connectivity index (χ1v) is 8.80. The maximum atomic E-state index is 13.2. The molecule has 0 unspecified atom stereocenters. The van der Waals surface area contributed by atoms with E-state index in [4.69, 9.17) is 0 Å². The predicted octanol–water partition coefficient (Wildman–Crippen LogP) is 4.61. The first kappa shape index (κ1) is 20.7. The van der Waals surface area contributed by atoms with Gasteiger partial charge in [-0.15, -0.1) is 0 Å². The number of anilines is 1. The van der Waals surface area contributed by atoms with Crippen molar-refractivity contribution in [3.8, 4) is 0 Å². The number of amides is 1. The van der Waals surface area contributed by atoms with E-state index in [9.17, 15) is 18.0 Å². The molecule has 0 aliphatic heterocycles. The van der Waals surface area contributed by atoms with Gasteiger partial charge in [0.25, 0.3) is 5.91 Å². The minimum absolute atomic E-state index is 0.0555. The standard InChI is InChI=1S/C20H24F3N3O/c1-4-5-12-25(2)18-7-6-16(20(21,22)23)13-17(18)19(27)26(3)14-15-8-10-24-11-9-15/h6-11,13H,4-5,12,14H2,1-3H3. The molecule has 0 spiro atoms. The zero-order valence-electron chi connectivity index (χ0n) is 15.8. The zero-order chi connectivity index (χ0) is 20.0. The average Bonchev–Trinajstić information content (AvgIpc) is 2.65. The van der Waals surface area contributed by atoms with Crippen LogP contribution in [0.2, 0.25) is 0 Å². The Morgan fingerprint density at radius 2 is 1.78 bits per heavy atom. The number of unbranched alkanes of at least 4 members (excludes halogenated alkanes) is 1. The fraction of sp³-hybridized carbons (Fsp3) is 0.400. The number of carbonyl (C=O) groups is 1. The maximum absolute atomic E-state index is 13.2. The smallest absolute Gasteiger partial charge is 0.374 e. The normalized spacial score (nSPS) is 11.3. The Balaban J connectivity index is 2.36. The van der Waals surface area contributed by atoms with Crippen LogP contribution >= 0.6 is 0 Å². The van der Waals surface area contributed by atoms with Gasteiger partial charge in [-0.3, -0.25) is 9.78 Å². The molecule has 0 radical (unpaired) electrons. The second-order valence-corrected chi connectivity index (χ2v) is 6.52. The van der Waals surface area contributed by atoms with Crippen LogP contribution in [-0.4, -0.2) is 36.4 Å². The number of carbonyl (C=O) groups excluding carboxylic acids is 1. The molecule has 0 N–H and O–H groups in total. The molecule has 146 valence electrons. The molecule has 0 atom stereocenters. The first-order chi connectivity index (χ1) is 12.7. The molecule has 0 saturated heterocycles. The molecule has 0 saturated carbocycles. The molecule has 0 aliphatic rings. The van der Waals surface area contributed by atoms with E-state index < -0.39 is 17.6 Å². The van der Waals surface area contributed by atoms with Crippen molar-refractivity contribution in [3.05, 3.63) is 59.4 Å². The van der Waals surface area contributed by atoms with Gasteiger partial charge in [0.2, 0.25) is 0 Å². The van der Waals surface area contributed by atoms with E-state index in [1.165, 1.54) is 11.0 Å². The molecule has 1 aromatic carbocycles. The van der Waals surface area contributed by atoms with E-state index in [1.807, 2.05) is 11.8 Å². The van der Waals surface area contributed by atoms with Gasteiger partial charge in [-0.1, -0.05) is 13.3 Å². The van der Waals surface area contributed by atoms with Crippen molar-refractivity contribution in [1.82, 2.24) is 9.88 Å². The van der Waals surface area contributed by atoms with Gasteiger partial charge in [-0.05, 0) is 42.3 Å². The van der Waals surface area contributed by atoms with Crippen LogP contribution in [-0.2, 0) is 12.7 Å². The molecule has 1 amide bonds. The number of halogens is 3. The Hall–Kier alpha value is -2.57. The number of benzene rings is 1. The molecular formula is C20H24F3N3O. The van der Waals surface area contributed by atoms with E-state index in [-0.39, 0.29) is 12.1 Å². The molecule has 4 nitrogen and oxygen atoms in total. The topological polar surface area (TPSA) is 36.4 Å². The SMILES string of the molecule is CCCCN(C)c1ccc(C(F)(F)F)cc1C(=O)N(C)Cc1ccncc1. The third kappa shape index (κ3) is 5.45. The van der Waals surface area contributed by atoms with E-state index >= 15 is 0 Å². The van der Waals surface area contributed by atoms with E-state index in [2.05, 4.69) is 4.98 Å². The lowest BCUT2D eigenvalue weighted by atomic mass is 10.1. The van der Waals surface area contributed by atoms with Gasteiger partial charge < -0.3 is 9.80 Å². The summed E-state index contributed by atoms with van der Waals surface area (Å²) < 4.78 is 39.5. The van der Waals surface area contributed by atoms with Crippen molar-refractivity contribution in [2.24, 2.45) is 0 Å². The number of alkyl halides is 3. The number of aromatic nitrogens is 1. The summed E-state index contributed by atoms with van der Waals surface area (Å²) in [6.45, 7) is 2.99. The summed E-state index contributed by atoms with van der Waals surface area (Å²) in [7, 11) is 3.37. The van der Waals surface area contributed by atoms with Crippen LogP contribution in [0.5, 0.6) is 0 Å². The summed E-state index contributed by atoms with van der Waals surface area (Å²) in [6.07, 6.45) is 0.567. The van der Waals surface area contributed by atoms with Gasteiger partial charge in [-0.2, -0.15) is 13.2 Å². The van der Waals surface area contributed by atoms with Gasteiger partial charge in [0, 0.05) is 45.3 Å². The zero-order valence-corrected chi connectivity index (χ0v) is 15.8. The lowest BCUT2D eigenvalue weighted by Gasteiger charge is -2.25. The number of nitrogens with zero attached hydrogens (tertiary/aromatic N) is 3. The predicted molar refractivity (Wildman–Crippen MR) is 99.7 cm³/mol. The monoisotopic (exact) mass is 379 g/mol. The summed E-state index contributed by atoms with van der Waals surface area (Å²) in [6, 6.07) is 6.89. The van der Waals surface area contributed by atoms with Crippen LogP contribution in [0.4, 0.5) is 18.9 Å². The third-order valence-corrected chi connectivity index (χ3v) is 4.33. The number of pyridine rings is 1. The fourth-order valence-corrected chi connectivity index (χ4v) is 2.77. The van der Waals surface area contributed by atoms with Crippen molar-refractivity contribution in [1.29, 1.82) is 0 Å². The molecule has 2 rings (SSSR count). The Morgan fingerprint density at radius 1 is 1.11 bits per heavy atom. The highest BCUT2D eigenvalue weighted by Gasteiger charge is 2.32. The lowest BCUT2D eigenvalue weighted by molar-refractivity contribution is -0.137. The lowest BCUT2D eigenvalue weighted by Crippen LogP contribution is -2.29. The second-order valence-electron chi connectivity index (χ2n) is 6.52. The Bertz CT molecular complexity index is 763. The number of hydrogen-bond acceptors (Lipinski definition) is 3. The summed E-state index contributed by atoms with van der Waals surface area (Å²) in [5.41, 5.74) is 0.590. The van der Waals surface area contributed by atoms with Gasteiger partial charge in [0.15, 0.2) is 0 Å². The molecule has 7 heteroatoms. The first-order valence-electron chi connectivity index (χ1n) is 8.80. The van der Waals surface area contributed by atoms with Crippen LogP contribution in [0.25, 0.3) is 0 Å². The minimum Gasteiger partial charge on any atom is -0.374 e. The average molecular weight is 379 g/mol. The van der Waals surface area contributed by atoms with Crippen LogP contribution < -0.4 is 4.90 Å².